The van der Waals surface area contributed by atoms with E-state index in [4.69, 9.17) is 4.74 Å². The molecule has 1 atom stereocenters. The molecule has 0 heterocycles. The quantitative estimate of drug-likeness (QED) is 0.828. The van der Waals surface area contributed by atoms with Gasteiger partial charge in [0.1, 0.15) is 5.78 Å². The molecule has 1 rings (SSSR count). The summed E-state index contributed by atoms with van der Waals surface area (Å²) in [6.07, 6.45) is 1.15. The topological polar surface area (TPSA) is 38.3 Å². The van der Waals surface area contributed by atoms with Gasteiger partial charge in [0.15, 0.2) is 11.6 Å². The molecular formula is C13H18FNO2. The second kappa shape index (κ2) is 6.35. The monoisotopic (exact) mass is 239 g/mol. The van der Waals surface area contributed by atoms with Crippen molar-refractivity contribution in [3.05, 3.63) is 29.6 Å². The largest absolute Gasteiger partial charge is 0.494 e. The number of benzene rings is 1. The molecular weight excluding hydrogens is 221 g/mol. The van der Waals surface area contributed by atoms with Crippen LogP contribution in [0.15, 0.2) is 18.2 Å². The Bertz CT molecular complexity index is 393. The SMILES string of the molecule is CNC(CCC(C)=O)c1ccc(OC)c(F)c1. The highest BCUT2D eigenvalue weighted by Crippen LogP contribution is 2.24. The lowest BCUT2D eigenvalue weighted by Crippen LogP contribution is -2.17. The minimum Gasteiger partial charge on any atom is -0.494 e. The van der Waals surface area contributed by atoms with E-state index in [0.717, 1.165) is 5.56 Å². The third-order valence-electron chi connectivity index (χ3n) is 2.71. The molecule has 0 saturated carbocycles. The molecule has 0 aromatic heterocycles. The van der Waals surface area contributed by atoms with Gasteiger partial charge in [0.2, 0.25) is 0 Å². The fourth-order valence-electron chi connectivity index (χ4n) is 1.72. The van der Waals surface area contributed by atoms with Gasteiger partial charge in [0.05, 0.1) is 7.11 Å². The molecule has 1 aromatic carbocycles. The molecule has 0 aliphatic rings. The van der Waals surface area contributed by atoms with E-state index >= 15 is 0 Å². The van der Waals surface area contributed by atoms with Crippen LogP contribution < -0.4 is 10.1 Å². The molecule has 1 aromatic rings. The number of ether oxygens (including phenoxy) is 1. The standard InChI is InChI=1S/C13H18FNO2/c1-9(16)4-6-12(15-2)10-5-7-13(17-3)11(14)8-10/h5,7-8,12,15H,4,6H2,1-3H3. The third kappa shape index (κ3) is 3.82. The van der Waals surface area contributed by atoms with Crippen molar-refractivity contribution >= 4 is 5.78 Å². The first-order chi connectivity index (χ1) is 8.08. The van der Waals surface area contributed by atoms with Gasteiger partial charge in [0.25, 0.3) is 0 Å². The molecule has 3 nitrogen and oxygen atoms in total. The van der Waals surface area contributed by atoms with Crippen molar-refractivity contribution < 1.29 is 13.9 Å². The van der Waals surface area contributed by atoms with Crippen molar-refractivity contribution in [3.63, 3.8) is 0 Å². The predicted octanol–water partition coefficient (Wildman–Crippen LogP) is 2.46. The van der Waals surface area contributed by atoms with Crippen LogP contribution in [-0.2, 0) is 4.79 Å². The van der Waals surface area contributed by atoms with Crippen LogP contribution in [0.4, 0.5) is 4.39 Å². The molecule has 0 aliphatic heterocycles. The lowest BCUT2D eigenvalue weighted by atomic mass is 10.0. The van der Waals surface area contributed by atoms with Crippen molar-refractivity contribution in [2.75, 3.05) is 14.2 Å². The maximum Gasteiger partial charge on any atom is 0.165 e. The summed E-state index contributed by atoms with van der Waals surface area (Å²) in [7, 11) is 3.23. The zero-order valence-electron chi connectivity index (χ0n) is 10.4. The molecule has 0 amide bonds. The summed E-state index contributed by atoms with van der Waals surface area (Å²) in [5.41, 5.74) is 0.826. The fraction of sp³-hybridized carbons (Fsp3) is 0.462. The number of halogens is 1. The molecule has 0 spiro atoms. The Balaban J connectivity index is 2.81. The van der Waals surface area contributed by atoms with Crippen molar-refractivity contribution in [2.45, 2.75) is 25.8 Å². The molecule has 94 valence electrons. The van der Waals surface area contributed by atoms with Crippen molar-refractivity contribution in [3.8, 4) is 5.75 Å². The molecule has 0 radical (unpaired) electrons. The van der Waals surface area contributed by atoms with Crippen molar-refractivity contribution in [2.24, 2.45) is 0 Å². The van der Waals surface area contributed by atoms with Gasteiger partial charge in [0, 0.05) is 12.5 Å². The Morgan fingerprint density at radius 3 is 2.71 bits per heavy atom. The molecule has 1 unspecified atom stereocenters. The number of carbonyl (C=O) groups is 1. The van der Waals surface area contributed by atoms with Crippen LogP contribution in [0.3, 0.4) is 0 Å². The summed E-state index contributed by atoms with van der Waals surface area (Å²) < 4.78 is 18.4. The average Bonchev–Trinajstić information content (AvgIpc) is 2.29. The van der Waals surface area contributed by atoms with Gasteiger partial charge in [-0.2, -0.15) is 0 Å². The van der Waals surface area contributed by atoms with E-state index in [2.05, 4.69) is 5.32 Å². The van der Waals surface area contributed by atoms with Crippen LogP contribution in [-0.4, -0.2) is 19.9 Å². The first-order valence-corrected chi connectivity index (χ1v) is 5.58. The lowest BCUT2D eigenvalue weighted by molar-refractivity contribution is -0.117. The maximum atomic E-state index is 13.5. The van der Waals surface area contributed by atoms with E-state index in [1.54, 1.807) is 20.0 Å². The molecule has 0 saturated heterocycles. The molecule has 1 N–H and O–H groups in total. The molecule has 4 heteroatoms. The van der Waals surface area contributed by atoms with E-state index < -0.39 is 0 Å². The number of hydrogen-bond acceptors (Lipinski definition) is 3. The van der Waals surface area contributed by atoms with Gasteiger partial charge < -0.3 is 14.8 Å². The van der Waals surface area contributed by atoms with Crippen LogP contribution in [0.25, 0.3) is 0 Å². The first-order valence-electron chi connectivity index (χ1n) is 5.58. The van der Waals surface area contributed by atoms with E-state index in [-0.39, 0.29) is 23.4 Å². The Labute approximate surface area is 101 Å². The van der Waals surface area contributed by atoms with Crippen molar-refractivity contribution in [1.82, 2.24) is 5.32 Å². The number of carbonyl (C=O) groups excluding carboxylic acids is 1. The predicted molar refractivity (Wildman–Crippen MR) is 64.7 cm³/mol. The Kier molecular flexibility index (Phi) is 5.10. The van der Waals surface area contributed by atoms with Gasteiger partial charge in [-0.05, 0) is 38.1 Å². The van der Waals surface area contributed by atoms with E-state index in [9.17, 15) is 9.18 Å². The average molecular weight is 239 g/mol. The number of hydrogen-bond donors (Lipinski definition) is 1. The molecule has 0 fully saturated rings. The smallest absolute Gasteiger partial charge is 0.165 e. The lowest BCUT2D eigenvalue weighted by Gasteiger charge is -2.16. The third-order valence-corrected chi connectivity index (χ3v) is 2.71. The van der Waals surface area contributed by atoms with Gasteiger partial charge in [-0.1, -0.05) is 6.07 Å². The zero-order chi connectivity index (χ0) is 12.8. The summed E-state index contributed by atoms with van der Waals surface area (Å²) in [6.45, 7) is 1.56. The van der Waals surface area contributed by atoms with Crippen molar-refractivity contribution in [1.29, 1.82) is 0 Å². The van der Waals surface area contributed by atoms with Crippen LogP contribution in [0.1, 0.15) is 31.4 Å². The summed E-state index contributed by atoms with van der Waals surface area (Å²) in [4.78, 5) is 10.9. The summed E-state index contributed by atoms with van der Waals surface area (Å²) in [6, 6.07) is 4.84. The van der Waals surface area contributed by atoms with Gasteiger partial charge in [-0.25, -0.2) is 4.39 Å². The highest BCUT2D eigenvalue weighted by atomic mass is 19.1. The normalized spacial score (nSPS) is 12.2. The van der Waals surface area contributed by atoms with E-state index in [1.807, 2.05) is 6.07 Å². The minimum absolute atomic E-state index is 0.0145. The number of rotatable bonds is 6. The second-order valence-corrected chi connectivity index (χ2v) is 3.98. The number of nitrogens with one attached hydrogen (secondary N) is 1. The number of Topliss-reactive ketones (excluding diaryl/α,β-unsaturated/α-hetero) is 1. The van der Waals surface area contributed by atoms with Crippen LogP contribution in [0, 0.1) is 5.82 Å². The molecule has 0 aliphatic carbocycles. The zero-order valence-corrected chi connectivity index (χ0v) is 10.4. The maximum absolute atomic E-state index is 13.5. The Morgan fingerprint density at radius 1 is 1.53 bits per heavy atom. The summed E-state index contributed by atoms with van der Waals surface area (Å²) in [5, 5.41) is 3.08. The fourth-order valence-corrected chi connectivity index (χ4v) is 1.72. The molecule has 0 bridgehead atoms. The summed E-state index contributed by atoms with van der Waals surface area (Å²) >= 11 is 0. The van der Waals surface area contributed by atoms with Gasteiger partial charge >= 0.3 is 0 Å². The van der Waals surface area contributed by atoms with E-state index in [0.29, 0.717) is 12.8 Å². The number of ketones is 1. The Morgan fingerprint density at radius 2 is 2.24 bits per heavy atom. The van der Waals surface area contributed by atoms with E-state index in [1.165, 1.54) is 13.2 Å². The summed E-state index contributed by atoms with van der Waals surface area (Å²) in [5.74, 6) is -0.0116. The van der Waals surface area contributed by atoms with Gasteiger partial charge in [-0.3, -0.25) is 0 Å². The minimum atomic E-state index is -0.381. The highest BCUT2D eigenvalue weighted by Gasteiger charge is 2.12. The first kappa shape index (κ1) is 13.6. The van der Waals surface area contributed by atoms with Gasteiger partial charge in [-0.15, -0.1) is 0 Å². The van der Waals surface area contributed by atoms with Crippen LogP contribution >= 0.6 is 0 Å². The second-order valence-electron chi connectivity index (χ2n) is 3.98. The van der Waals surface area contributed by atoms with Crippen LogP contribution in [0.2, 0.25) is 0 Å². The van der Waals surface area contributed by atoms with Crippen LogP contribution in [0.5, 0.6) is 5.75 Å². The molecule has 17 heavy (non-hydrogen) atoms. The number of methoxy groups -OCH3 is 1. The Hall–Kier alpha value is -1.42. The highest BCUT2D eigenvalue weighted by molar-refractivity contribution is 5.75.